The fourth-order valence-electron chi connectivity index (χ4n) is 1.78. The number of amidine groups is 1. The second kappa shape index (κ2) is 5.63. The minimum absolute atomic E-state index is 0.0680. The number of hydrogen-bond acceptors (Lipinski definition) is 4. The van der Waals surface area contributed by atoms with Crippen molar-refractivity contribution in [3.63, 3.8) is 0 Å². The Morgan fingerprint density at radius 3 is 2.45 bits per heavy atom. The van der Waals surface area contributed by atoms with E-state index in [9.17, 15) is 0 Å². The molecular weight excluding hydrogens is 270 g/mol. The van der Waals surface area contributed by atoms with Gasteiger partial charge in [0.05, 0.1) is 10.6 Å². The van der Waals surface area contributed by atoms with Crippen molar-refractivity contribution in [2.45, 2.75) is 32.8 Å². The number of thiazole rings is 1. The number of nitrogens with one attached hydrogen (secondary N) is 1. The van der Waals surface area contributed by atoms with Crippen LogP contribution in [-0.4, -0.2) is 10.8 Å². The van der Waals surface area contributed by atoms with Crippen LogP contribution < -0.4 is 10.5 Å². The normalized spacial score (nSPS) is 11.3. The molecule has 0 atom stereocenters. The van der Waals surface area contributed by atoms with Gasteiger partial charge in [-0.3, -0.25) is 5.41 Å². The van der Waals surface area contributed by atoms with Gasteiger partial charge in [0.2, 0.25) is 0 Å². The summed E-state index contributed by atoms with van der Waals surface area (Å²) < 4.78 is 5.69. The molecular formula is C15H19N3OS. The van der Waals surface area contributed by atoms with Gasteiger partial charge in [0.25, 0.3) is 0 Å². The third kappa shape index (κ3) is 3.36. The van der Waals surface area contributed by atoms with E-state index in [4.69, 9.17) is 15.9 Å². The van der Waals surface area contributed by atoms with Crippen LogP contribution in [0.2, 0.25) is 0 Å². The molecule has 0 bridgehead atoms. The van der Waals surface area contributed by atoms with E-state index in [0.717, 1.165) is 21.3 Å². The Hall–Kier alpha value is -1.88. The number of rotatable bonds is 4. The average molecular weight is 289 g/mol. The van der Waals surface area contributed by atoms with Crippen molar-refractivity contribution in [3.05, 3.63) is 45.9 Å². The lowest BCUT2D eigenvalue weighted by Gasteiger charge is -2.16. The first-order valence-electron chi connectivity index (χ1n) is 6.40. The zero-order valence-electron chi connectivity index (χ0n) is 11.9. The molecule has 0 radical (unpaired) electrons. The molecule has 5 heteroatoms. The lowest BCUT2D eigenvalue weighted by Crippen LogP contribution is -2.19. The van der Waals surface area contributed by atoms with E-state index >= 15 is 0 Å². The van der Waals surface area contributed by atoms with Crippen molar-refractivity contribution in [1.82, 2.24) is 4.98 Å². The van der Waals surface area contributed by atoms with Crippen LogP contribution in [0.4, 0.5) is 0 Å². The smallest absolute Gasteiger partial charge is 0.140 e. The Labute approximate surface area is 123 Å². The molecule has 0 saturated carbocycles. The third-order valence-electron chi connectivity index (χ3n) is 2.73. The minimum Gasteiger partial charge on any atom is -0.486 e. The van der Waals surface area contributed by atoms with Crippen molar-refractivity contribution in [1.29, 1.82) is 5.41 Å². The fourth-order valence-corrected chi connectivity index (χ4v) is 2.83. The maximum atomic E-state index is 7.67. The van der Waals surface area contributed by atoms with Crippen molar-refractivity contribution >= 4 is 17.2 Å². The summed E-state index contributed by atoms with van der Waals surface area (Å²) in [5.74, 6) is 0.878. The molecule has 0 aliphatic carbocycles. The van der Waals surface area contributed by atoms with E-state index < -0.39 is 0 Å². The van der Waals surface area contributed by atoms with E-state index in [1.54, 1.807) is 0 Å². The first-order chi connectivity index (χ1) is 9.38. The maximum absolute atomic E-state index is 7.67. The second-order valence-corrected chi connectivity index (χ2v) is 6.63. The highest BCUT2D eigenvalue weighted by atomic mass is 32.1. The van der Waals surface area contributed by atoms with Crippen LogP contribution in [-0.2, 0) is 12.0 Å². The SMILES string of the molecule is CC(C)(C)c1nc(COc2ccccc2)sc1C(=N)N. The molecule has 3 N–H and O–H groups in total. The minimum atomic E-state index is -0.136. The molecule has 1 heterocycles. The predicted octanol–water partition coefficient (Wildman–Crippen LogP) is 3.30. The summed E-state index contributed by atoms with van der Waals surface area (Å²) in [6, 6.07) is 9.62. The maximum Gasteiger partial charge on any atom is 0.140 e. The lowest BCUT2D eigenvalue weighted by atomic mass is 9.91. The summed E-state index contributed by atoms with van der Waals surface area (Å²) in [5, 5.41) is 8.51. The second-order valence-electron chi connectivity index (χ2n) is 5.55. The fraction of sp³-hybridized carbons (Fsp3) is 0.333. The predicted molar refractivity (Wildman–Crippen MR) is 82.6 cm³/mol. The van der Waals surface area contributed by atoms with Gasteiger partial charge in [-0.1, -0.05) is 39.0 Å². The number of hydrogen-bond donors (Lipinski definition) is 2. The van der Waals surface area contributed by atoms with Gasteiger partial charge in [0.15, 0.2) is 0 Å². The van der Waals surface area contributed by atoms with Crippen molar-refractivity contribution in [2.75, 3.05) is 0 Å². The van der Waals surface area contributed by atoms with E-state index in [0.29, 0.717) is 6.61 Å². The van der Waals surface area contributed by atoms with Crippen LogP contribution in [0.3, 0.4) is 0 Å². The molecule has 0 aliphatic rings. The van der Waals surface area contributed by atoms with Gasteiger partial charge in [0.1, 0.15) is 23.2 Å². The van der Waals surface area contributed by atoms with Crippen molar-refractivity contribution in [2.24, 2.45) is 5.73 Å². The molecule has 1 aromatic heterocycles. The largest absolute Gasteiger partial charge is 0.486 e. The Morgan fingerprint density at radius 2 is 1.95 bits per heavy atom. The zero-order valence-corrected chi connectivity index (χ0v) is 12.8. The molecule has 2 aromatic rings. The van der Waals surface area contributed by atoms with E-state index in [1.165, 1.54) is 11.3 Å². The van der Waals surface area contributed by atoms with Gasteiger partial charge in [-0.15, -0.1) is 11.3 Å². The number of para-hydroxylation sites is 1. The zero-order chi connectivity index (χ0) is 14.8. The molecule has 1 aromatic carbocycles. The van der Waals surface area contributed by atoms with Crippen LogP contribution >= 0.6 is 11.3 Å². The Morgan fingerprint density at radius 1 is 1.30 bits per heavy atom. The number of nitrogens with zero attached hydrogens (tertiary/aromatic N) is 1. The van der Waals surface area contributed by atoms with Gasteiger partial charge >= 0.3 is 0 Å². The quantitative estimate of drug-likeness (QED) is 0.670. The highest BCUT2D eigenvalue weighted by molar-refractivity contribution is 7.13. The standard InChI is InChI=1S/C15H19N3OS/c1-15(2,3)13-12(14(16)17)20-11(18-13)9-19-10-7-5-4-6-8-10/h4-8H,9H2,1-3H3,(H3,16,17). The first-order valence-corrected chi connectivity index (χ1v) is 7.22. The Balaban J connectivity index is 2.19. The van der Waals surface area contributed by atoms with Gasteiger partial charge in [-0.2, -0.15) is 0 Å². The van der Waals surface area contributed by atoms with Gasteiger partial charge in [-0.25, -0.2) is 4.98 Å². The number of aromatic nitrogens is 1. The lowest BCUT2D eigenvalue weighted by molar-refractivity contribution is 0.305. The molecule has 0 amide bonds. The van der Waals surface area contributed by atoms with Crippen LogP contribution in [0.5, 0.6) is 5.75 Å². The molecule has 20 heavy (non-hydrogen) atoms. The number of nitrogens with two attached hydrogens (primary N) is 1. The molecule has 4 nitrogen and oxygen atoms in total. The van der Waals surface area contributed by atoms with E-state index in [-0.39, 0.29) is 11.3 Å². The number of ether oxygens (including phenoxy) is 1. The monoisotopic (exact) mass is 289 g/mol. The van der Waals surface area contributed by atoms with Gasteiger partial charge < -0.3 is 10.5 Å². The highest BCUT2D eigenvalue weighted by Gasteiger charge is 2.24. The van der Waals surface area contributed by atoms with Crippen LogP contribution in [0, 0.1) is 5.41 Å². The summed E-state index contributed by atoms with van der Waals surface area (Å²) in [5.41, 5.74) is 6.37. The van der Waals surface area contributed by atoms with Crippen molar-refractivity contribution in [3.8, 4) is 5.75 Å². The van der Waals surface area contributed by atoms with E-state index in [1.807, 2.05) is 30.3 Å². The van der Waals surface area contributed by atoms with Crippen LogP contribution in [0.15, 0.2) is 30.3 Å². The molecule has 0 aliphatic heterocycles. The number of nitrogen functional groups attached to an aromatic ring is 1. The summed E-state index contributed by atoms with van der Waals surface area (Å²) in [6.45, 7) is 6.59. The summed E-state index contributed by atoms with van der Waals surface area (Å²) in [7, 11) is 0. The highest BCUT2D eigenvalue weighted by Crippen LogP contribution is 2.29. The van der Waals surface area contributed by atoms with Gasteiger partial charge in [-0.05, 0) is 12.1 Å². The molecule has 0 spiro atoms. The summed E-state index contributed by atoms with van der Waals surface area (Å²) in [6.07, 6.45) is 0. The van der Waals surface area contributed by atoms with E-state index in [2.05, 4.69) is 25.8 Å². The summed E-state index contributed by atoms with van der Waals surface area (Å²) in [4.78, 5) is 5.33. The topological polar surface area (TPSA) is 72.0 Å². The number of benzene rings is 1. The molecule has 0 saturated heterocycles. The first kappa shape index (κ1) is 14.5. The van der Waals surface area contributed by atoms with Crippen LogP contribution in [0.1, 0.15) is 36.3 Å². The van der Waals surface area contributed by atoms with Crippen LogP contribution in [0.25, 0.3) is 0 Å². The Bertz CT molecular complexity index is 599. The molecule has 0 fully saturated rings. The van der Waals surface area contributed by atoms with Gasteiger partial charge in [0, 0.05) is 5.41 Å². The average Bonchev–Trinajstić information content (AvgIpc) is 2.82. The Kier molecular flexibility index (Phi) is 4.09. The van der Waals surface area contributed by atoms with Crippen molar-refractivity contribution < 1.29 is 4.74 Å². The molecule has 2 rings (SSSR count). The third-order valence-corrected chi connectivity index (χ3v) is 3.79. The summed E-state index contributed by atoms with van der Waals surface area (Å²) >= 11 is 1.43. The molecule has 0 unspecified atom stereocenters. The molecule has 106 valence electrons.